The van der Waals surface area contributed by atoms with E-state index < -0.39 is 125 Å². The van der Waals surface area contributed by atoms with Crippen molar-refractivity contribution in [3.8, 4) is 0 Å². The van der Waals surface area contributed by atoms with Gasteiger partial charge in [0.05, 0.1) is 41.2 Å². The fraction of sp³-hybridized carbons (Fsp3) is 0.385. The van der Waals surface area contributed by atoms with E-state index in [4.69, 9.17) is 23.7 Å². The highest BCUT2D eigenvalue weighted by Gasteiger charge is 2.78. The highest BCUT2D eigenvalue weighted by atomic mass is 19.1. The Morgan fingerprint density at radius 2 is 1.37 bits per heavy atom. The predicted molar refractivity (Wildman–Crippen MR) is 238 cm³/mol. The third-order valence-electron chi connectivity index (χ3n) is 14.5. The lowest BCUT2D eigenvalue weighted by Gasteiger charge is -2.67. The van der Waals surface area contributed by atoms with Crippen LogP contribution in [-0.2, 0) is 38.1 Å². The van der Waals surface area contributed by atoms with E-state index in [1.807, 2.05) is 0 Å². The molecule has 4 aliphatic rings. The van der Waals surface area contributed by atoms with Crippen LogP contribution in [0, 0.1) is 22.6 Å². The van der Waals surface area contributed by atoms with Crippen molar-refractivity contribution in [2.24, 2.45) is 16.7 Å². The summed E-state index contributed by atoms with van der Waals surface area (Å²) in [5.41, 5.74) is -7.77. The van der Waals surface area contributed by atoms with Crippen LogP contribution in [0.5, 0.6) is 0 Å². The second-order valence-electron chi connectivity index (χ2n) is 18.7. The van der Waals surface area contributed by atoms with Crippen molar-refractivity contribution in [1.82, 2.24) is 5.32 Å². The quantitative estimate of drug-likeness (QED) is 0.0867. The van der Waals surface area contributed by atoms with Gasteiger partial charge in [0.15, 0.2) is 23.6 Å². The van der Waals surface area contributed by atoms with Gasteiger partial charge in [0.1, 0.15) is 29.7 Å². The van der Waals surface area contributed by atoms with Crippen molar-refractivity contribution in [3.63, 3.8) is 0 Å². The molecule has 1 heterocycles. The first-order valence-electron chi connectivity index (χ1n) is 22.2. The number of aliphatic hydroxyl groups excluding tert-OH is 2. The first kappa shape index (κ1) is 47.9. The summed E-state index contributed by atoms with van der Waals surface area (Å²) in [5.74, 6) is -8.03. The van der Waals surface area contributed by atoms with Crippen molar-refractivity contribution in [3.05, 3.63) is 154 Å². The number of halogens is 1. The number of ether oxygens (including phenoxy) is 5. The Bertz CT molecular complexity index is 2640. The average molecular weight is 934 g/mol. The Balaban J connectivity index is 1.29. The van der Waals surface area contributed by atoms with Gasteiger partial charge in [0, 0.05) is 30.7 Å². The highest BCUT2D eigenvalue weighted by Crippen LogP contribution is 2.64. The lowest BCUT2D eigenvalue weighted by Crippen LogP contribution is -2.82. The van der Waals surface area contributed by atoms with E-state index in [0.717, 1.165) is 19.1 Å². The lowest BCUT2D eigenvalue weighted by atomic mass is 9.44. The lowest BCUT2D eigenvalue weighted by molar-refractivity contribution is -0.341. The van der Waals surface area contributed by atoms with Crippen molar-refractivity contribution in [2.45, 2.75) is 101 Å². The zero-order chi connectivity index (χ0) is 48.9. The highest BCUT2D eigenvalue weighted by molar-refractivity contribution is 5.97. The number of amides is 1. The number of fused-ring (bicyclic) bond motifs is 5. The Kier molecular flexibility index (Phi) is 12.8. The molecule has 3 fully saturated rings. The summed E-state index contributed by atoms with van der Waals surface area (Å²) in [7, 11) is 0. The molecule has 11 atom stereocenters. The summed E-state index contributed by atoms with van der Waals surface area (Å²) in [5, 5.41) is 40.7. The zero-order valence-corrected chi connectivity index (χ0v) is 37.9. The molecular weight excluding hydrogens is 882 g/mol. The van der Waals surface area contributed by atoms with Gasteiger partial charge in [-0.3, -0.25) is 14.4 Å². The number of carbonyl (C=O) groups excluding carboxylic acids is 6. The van der Waals surface area contributed by atoms with Crippen LogP contribution in [0.3, 0.4) is 0 Å². The monoisotopic (exact) mass is 933 g/mol. The Morgan fingerprint density at radius 3 is 1.94 bits per heavy atom. The molecule has 2 saturated carbocycles. The van der Waals surface area contributed by atoms with Gasteiger partial charge >= 0.3 is 23.9 Å². The maximum atomic E-state index is 15.7. The van der Waals surface area contributed by atoms with E-state index in [0.29, 0.717) is 5.56 Å². The van der Waals surface area contributed by atoms with Crippen LogP contribution in [0.4, 0.5) is 4.39 Å². The van der Waals surface area contributed by atoms with Crippen molar-refractivity contribution in [2.75, 3.05) is 6.61 Å². The molecule has 0 radical (unpaired) electrons. The van der Waals surface area contributed by atoms with Gasteiger partial charge in [-0.05, 0) is 79.1 Å². The van der Waals surface area contributed by atoms with Gasteiger partial charge in [-0.2, -0.15) is 0 Å². The normalized spacial score (nSPS) is 30.0. The topological polar surface area (TPSA) is 221 Å². The number of carbonyl (C=O) groups is 6. The fourth-order valence-corrected chi connectivity index (χ4v) is 10.7. The summed E-state index contributed by atoms with van der Waals surface area (Å²) in [6, 6.07) is 27.1. The number of Topliss-reactive ketones (excluding diaryl/α,β-unsaturated/α-hetero) is 1. The summed E-state index contributed by atoms with van der Waals surface area (Å²) in [6.45, 7) is 6.56. The number of hydrogen-bond donors (Lipinski definition) is 4. The Labute approximate surface area is 391 Å². The number of rotatable bonds is 11. The molecule has 8 rings (SSSR count). The van der Waals surface area contributed by atoms with Gasteiger partial charge in [0.25, 0.3) is 5.91 Å². The van der Waals surface area contributed by atoms with Crippen molar-refractivity contribution < 1.29 is 72.2 Å². The summed E-state index contributed by atoms with van der Waals surface area (Å²) in [4.78, 5) is 85.5. The van der Waals surface area contributed by atoms with E-state index in [1.54, 1.807) is 78.9 Å². The maximum absolute atomic E-state index is 15.7. The second kappa shape index (κ2) is 18.1. The standard InChI is InChI=1S/C52H52FNO14/c1-28-35(66-48(62)40(57)39(30-15-9-6-10-16-30)54-45(59)31-17-11-7-12-18-31)26-52(63)44(67-46(60)32-19-13-8-14-20-32)42-50(5,43(58)41(65-29(2)55)38(28)49(52,3)4)36(56)25-37-51(42,27-64-37)68-47(61)33-21-23-34(53)24-22-33/h6-24,35-37,39-42,44,56-57,63H,25-27H2,1-5H3,(H,54,59)/t35-,36-,37+,39-,40+,41+,42-,44-,50+,51-,52+/m0/s1. The van der Waals surface area contributed by atoms with E-state index in [-0.39, 0.29) is 34.3 Å². The zero-order valence-electron chi connectivity index (χ0n) is 37.9. The third kappa shape index (κ3) is 8.08. The van der Waals surface area contributed by atoms with E-state index >= 15 is 4.79 Å². The van der Waals surface area contributed by atoms with Crippen molar-refractivity contribution >= 4 is 35.6 Å². The van der Waals surface area contributed by atoms with Gasteiger partial charge in [0.2, 0.25) is 0 Å². The minimum Gasteiger partial charge on any atom is -0.456 e. The number of aliphatic hydroxyl groups is 3. The maximum Gasteiger partial charge on any atom is 0.338 e. The number of esters is 4. The second-order valence-corrected chi connectivity index (χ2v) is 18.7. The number of nitrogens with one attached hydrogen (secondary N) is 1. The molecule has 356 valence electrons. The molecule has 1 saturated heterocycles. The third-order valence-corrected chi connectivity index (χ3v) is 14.5. The minimum absolute atomic E-state index is 0.0234. The number of ketones is 1. The van der Waals surface area contributed by atoms with Crippen molar-refractivity contribution in [1.29, 1.82) is 0 Å². The first-order chi connectivity index (χ1) is 32.2. The molecule has 1 aliphatic heterocycles. The first-order valence-corrected chi connectivity index (χ1v) is 22.2. The summed E-state index contributed by atoms with van der Waals surface area (Å²) < 4.78 is 44.9. The number of benzene rings is 4. The average Bonchev–Trinajstić information content (AvgIpc) is 3.32. The van der Waals surface area contributed by atoms with E-state index in [2.05, 4.69) is 5.32 Å². The molecule has 0 spiro atoms. The van der Waals surface area contributed by atoms with E-state index in [9.17, 15) is 43.7 Å². The summed E-state index contributed by atoms with van der Waals surface area (Å²) in [6.07, 6.45) is -11.2. The van der Waals surface area contributed by atoms with Crippen LogP contribution >= 0.6 is 0 Å². The summed E-state index contributed by atoms with van der Waals surface area (Å²) >= 11 is 0. The molecule has 4 N–H and O–H groups in total. The van der Waals surface area contributed by atoms with Crippen LogP contribution in [0.15, 0.2) is 126 Å². The van der Waals surface area contributed by atoms with Crippen LogP contribution in [0.1, 0.15) is 90.1 Å². The predicted octanol–water partition coefficient (Wildman–Crippen LogP) is 5.17. The van der Waals surface area contributed by atoms with Crippen LogP contribution in [-0.4, -0.2) is 105 Å². The molecule has 0 aromatic heterocycles. The van der Waals surface area contributed by atoms with Gasteiger partial charge in [-0.25, -0.2) is 18.8 Å². The molecule has 3 aliphatic carbocycles. The van der Waals surface area contributed by atoms with Gasteiger partial charge in [-0.1, -0.05) is 80.6 Å². The Hall–Kier alpha value is -6.59. The Morgan fingerprint density at radius 1 is 0.794 bits per heavy atom. The molecule has 0 unspecified atom stereocenters. The molecule has 15 nitrogen and oxygen atoms in total. The molecule has 16 heteroatoms. The van der Waals surface area contributed by atoms with E-state index in [1.165, 1.54) is 52.0 Å². The van der Waals surface area contributed by atoms with Gasteiger partial charge < -0.3 is 44.3 Å². The molecule has 1 amide bonds. The molecule has 4 aromatic rings. The number of hydrogen-bond acceptors (Lipinski definition) is 14. The van der Waals surface area contributed by atoms with Crippen LogP contribution in [0.2, 0.25) is 0 Å². The van der Waals surface area contributed by atoms with Crippen LogP contribution < -0.4 is 5.32 Å². The SMILES string of the molecule is CC(=O)O[C@H]1C(=O)[C@@]2(C)[C@H]([C@H](OC(=O)c3ccccc3)[C@]3(O)C[C@H](OC(=O)[C@H](O)[C@@H](NC(=O)c4ccccc4)c4ccccc4)C(C)=C1C3(C)C)[C@]1(OC(=O)c3ccc(F)cc3)CO[C@@H]1C[C@@H]2O. The molecule has 4 aromatic carbocycles. The molecular formula is C52H52FNO14. The minimum atomic E-state index is -2.49. The largest absolute Gasteiger partial charge is 0.456 e. The smallest absolute Gasteiger partial charge is 0.338 e. The van der Waals surface area contributed by atoms with Gasteiger partial charge in [-0.15, -0.1) is 0 Å². The molecule has 68 heavy (non-hydrogen) atoms. The van der Waals surface area contributed by atoms with Crippen LogP contribution in [0.25, 0.3) is 0 Å². The molecule has 2 bridgehead atoms. The fourth-order valence-electron chi connectivity index (χ4n) is 10.7.